The molecule has 0 aromatic heterocycles. The molecule has 1 aliphatic rings. The van der Waals surface area contributed by atoms with Gasteiger partial charge in [0.25, 0.3) is 11.8 Å². The summed E-state index contributed by atoms with van der Waals surface area (Å²) in [5.41, 5.74) is 20.1. The molecule has 91 heavy (non-hydrogen) atoms. The first kappa shape index (κ1) is 81.5. The summed E-state index contributed by atoms with van der Waals surface area (Å²) in [5.74, 6) is -3.65. The highest BCUT2D eigenvalue weighted by Gasteiger charge is 2.33. The molecule has 6 N–H and O–H groups in total. The smallest absolute Gasteiger partial charge is 0.408 e. The quantitative estimate of drug-likeness (QED) is 0.0413. The van der Waals surface area contributed by atoms with Gasteiger partial charge in [-0.2, -0.15) is 0 Å². The highest BCUT2D eigenvalue weighted by atomic mass is 16.7. The van der Waals surface area contributed by atoms with E-state index in [9.17, 15) is 47.9 Å². The van der Waals surface area contributed by atoms with E-state index in [0.29, 0.717) is 24.9 Å². The van der Waals surface area contributed by atoms with Gasteiger partial charge in [-0.05, 0) is 133 Å². The molecule has 1 saturated heterocycles. The van der Waals surface area contributed by atoms with Crippen LogP contribution in [0.25, 0.3) is 0 Å². The minimum atomic E-state index is -0.922. The summed E-state index contributed by atoms with van der Waals surface area (Å²) in [6.07, 6.45) is -0.458. The number of hydrogen-bond donors (Lipinski definition) is 4. The van der Waals surface area contributed by atoms with Crippen LogP contribution in [-0.2, 0) is 83.1 Å². The minimum Gasteiger partial charge on any atom is -0.466 e. The highest BCUT2D eigenvalue weighted by Crippen LogP contribution is 2.33. The predicted molar refractivity (Wildman–Crippen MR) is 350 cm³/mol. The fourth-order valence-electron chi connectivity index (χ4n) is 8.84. The molecule has 1 aliphatic heterocycles. The first-order valence-electron chi connectivity index (χ1n) is 31.1. The second-order valence-electron chi connectivity index (χ2n) is 27.6. The summed E-state index contributed by atoms with van der Waals surface area (Å²) in [6, 6.07) is 18.5. The third-order valence-corrected chi connectivity index (χ3v) is 13.4. The van der Waals surface area contributed by atoms with E-state index >= 15 is 0 Å². The minimum absolute atomic E-state index is 0.00271. The van der Waals surface area contributed by atoms with E-state index in [-0.39, 0.29) is 122 Å². The molecule has 0 aliphatic carbocycles. The van der Waals surface area contributed by atoms with Crippen molar-refractivity contribution in [1.29, 1.82) is 0 Å². The van der Waals surface area contributed by atoms with Crippen LogP contribution in [0, 0.1) is 20.8 Å². The lowest BCUT2D eigenvalue weighted by Crippen LogP contribution is -2.39. The van der Waals surface area contributed by atoms with Gasteiger partial charge in [-0.1, -0.05) is 134 Å². The van der Waals surface area contributed by atoms with Crippen molar-refractivity contribution >= 4 is 59.4 Å². The normalized spacial score (nSPS) is 13.4. The molecule has 508 valence electrons. The zero-order chi connectivity index (χ0) is 70.0. The van der Waals surface area contributed by atoms with Crippen LogP contribution >= 0.6 is 0 Å². The lowest BCUT2D eigenvalue weighted by Gasteiger charge is -2.24. The van der Waals surface area contributed by atoms with Crippen molar-refractivity contribution in [2.24, 2.45) is 11.5 Å². The standard InChI is InChI=1S/C24H37NO5.C19H29NO3.C16H25NO2.C11H16N2O6/c1-9-29-21(27)14-18(13-20(26)15-25-22(28)30-24(6,7)8)17-10-16(2)11-19(12-17)23(3,4)5;1-6-23-18(22)11-15(10-17(21)12-20)14-7-13(2)8-16(9-14)19(3,4)5;1-6-19-15(18)10-14(17)12-7-11(2)8-13(9-12)16(3,4)5;1-11(2,3)18-10(17)12-6-9(16)19-13-7(14)4-5-8(13)15/h10-12,18H,9,13-15H2,1-8H3,(H,25,28);7-9,15H,6,10-12,20H2,1-5H3;7-9,14H,6,10,17H2,1-5H3;4-6H2,1-3H3,(H,12,17). The number of carbonyl (C=O) groups is 10. The van der Waals surface area contributed by atoms with E-state index in [2.05, 4.69) is 121 Å². The van der Waals surface area contributed by atoms with E-state index in [4.69, 9.17) is 35.2 Å². The topological polar surface area (TPSA) is 305 Å². The molecule has 21 heteroatoms. The Bertz CT molecular complexity index is 2940. The number of Topliss-reactive ketones (excluding diaryl/α,β-unsaturated/α-hetero) is 2. The van der Waals surface area contributed by atoms with E-state index in [0.717, 1.165) is 33.4 Å². The Morgan fingerprint density at radius 2 is 0.791 bits per heavy atom. The number of ketones is 2. The number of hydrogen-bond acceptors (Lipinski definition) is 18. The Morgan fingerprint density at radius 3 is 1.13 bits per heavy atom. The fourth-order valence-corrected chi connectivity index (χ4v) is 8.84. The van der Waals surface area contributed by atoms with E-state index in [1.54, 1.807) is 62.3 Å². The number of alkyl carbamates (subject to hydrolysis) is 2. The van der Waals surface area contributed by atoms with Gasteiger partial charge >= 0.3 is 36.1 Å². The lowest BCUT2D eigenvalue weighted by atomic mass is 9.81. The molecule has 3 aromatic rings. The Kier molecular flexibility index (Phi) is 33.2. The summed E-state index contributed by atoms with van der Waals surface area (Å²) < 4.78 is 25.2. The third-order valence-electron chi connectivity index (χ3n) is 13.4. The summed E-state index contributed by atoms with van der Waals surface area (Å²) in [5, 5.41) is 5.07. The Labute approximate surface area is 540 Å². The number of nitrogens with two attached hydrogens (primary N) is 2. The molecule has 4 rings (SSSR count). The van der Waals surface area contributed by atoms with Gasteiger partial charge in [0.2, 0.25) is 0 Å². The van der Waals surface area contributed by atoms with Gasteiger partial charge in [0.1, 0.15) is 23.5 Å². The number of carbonyl (C=O) groups excluding carboxylic acids is 10. The van der Waals surface area contributed by atoms with Crippen LogP contribution in [0.4, 0.5) is 9.59 Å². The van der Waals surface area contributed by atoms with Crippen LogP contribution in [0.5, 0.6) is 0 Å². The summed E-state index contributed by atoms with van der Waals surface area (Å²) in [7, 11) is 0. The molecule has 0 saturated carbocycles. The number of ether oxygens (including phenoxy) is 5. The summed E-state index contributed by atoms with van der Waals surface area (Å²) >= 11 is 0. The van der Waals surface area contributed by atoms with Gasteiger partial charge in [-0.3, -0.25) is 33.6 Å². The zero-order valence-electron chi connectivity index (χ0n) is 58.3. The molecule has 1 fully saturated rings. The van der Waals surface area contributed by atoms with Crippen LogP contribution in [0.1, 0.15) is 238 Å². The number of benzene rings is 3. The van der Waals surface area contributed by atoms with Crippen molar-refractivity contribution in [3.05, 3.63) is 105 Å². The van der Waals surface area contributed by atoms with Crippen LogP contribution in [-0.4, -0.2) is 115 Å². The van der Waals surface area contributed by atoms with Crippen molar-refractivity contribution in [3.63, 3.8) is 0 Å². The maximum Gasteiger partial charge on any atom is 0.408 e. The van der Waals surface area contributed by atoms with Gasteiger partial charge in [-0.25, -0.2) is 14.4 Å². The Hall–Kier alpha value is -7.52. The van der Waals surface area contributed by atoms with Crippen molar-refractivity contribution in [3.8, 4) is 0 Å². The number of nitrogens with one attached hydrogen (secondary N) is 2. The molecule has 21 nitrogen and oxygen atoms in total. The van der Waals surface area contributed by atoms with E-state index < -0.39 is 47.7 Å². The van der Waals surface area contributed by atoms with Crippen LogP contribution in [0.3, 0.4) is 0 Å². The molecule has 3 aromatic carbocycles. The monoisotopic (exact) mass is 1270 g/mol. The van der Waals surface area contributed by atoms with Gasteiger partial charge < -0.3 is 50.6 Å². The van der Waals surface area contributed by atoms with Crippen LogP contribution in [0.2, 0.25) is 0 Å². The molecule has 3 unspecified atom stereocenters. The first-order valence-corrected chi connectivity index (χ1v) is 31.1. The number of hydroxylamine groups is 2. The number of aryl methyl sites for hydroxylation is 3. The van der Waals surface area contributed by atoms with Crippen molar-refractivity contribution < 1.29 is 76.5 Å². The summed E-state index contributed by atoms with van der Waals surface area (Å²) in [4.78, 5) is 121. The maximum atomic E-state index is 12.6. The molecule has 0 spiro atoms. The fraction of sp³-hybridized carbons (Fsp3) is 0.600. The van der Waals surface area contributed by atoms with Crippen molar-refractivity contribution in [1.82, 2.24) is 15.7 Å². The van der Waals surface area contributed by atoms with Gasteiger partial charge in [-0.15, -0.1) is 5.06 Å². The average molecular weight is 1270 g/mol. The van der Waals surface area contributed by atoms with Gasteiger partial charge in [0, 0.05) is 43.6 Å². The molecule has 1 heterocycles. The maximum absolute atomic E-state index is 12.6. The number of esters is 3. The Balaban J connectivity index is 0.000000618. The largest absolute Gasteiger partial charge is 0.466 e. The van der Waals surface area contributed by atoms with E-state index in [1.807, 2.05) is 32.0 Å². The summed E-state index contributed by atoms with van der Waals surface area (Å²) in [6.45, 7) is 41.4. The predicted octanol–water partition coefficient (Wildman–Crippen LogP) is 11.4. The lowest BCUT2D eigenvalue weighted by molar-refractivity contribution is -0.196. The molecule has 0 bridgehead atoms. The van der Waals surface area contributed by atoms with Crippen molar-refractivity contribution in [2.45, 2.75) is 236 Å². The number of imide groups is 1. The molecule has 3 atom stereocenters. The van der Waals surface area contributed by atoms with Gasteiger partial charge in [0.05, 0.1) is 52.2 Å². The molecular formula is C70H107N5O16. The average Bonchev–Trinajstić information content (AvgIpc) is 1.69. The Morgan fingerprint density at radius 1 is 0.462 bits per heavy atom. The number of rotatable bonds is 22. The first-order chi connectivity index (χ1) is 41.8. The molecular weight excluding hydrogens is 1170 g/mol. The highest BCUT2D eigenvalue weighted by molar-refractivity contribution is 6.01. The second-order valence-corrected chi connectivity index (χ2v) is 27.6. The number of nitrogens with zero attached hydrogens (tertiary/aromatic N) is 1. The molecule has 0 radical (unpaired) electrons. The SMILES string of the molecule is CC(C)(C)OC(=O)NCC(=O)ON1C(=O)CCC1=O.CCOC(=O)CC(CC(=O)CN)c1cc(C)cc(C(C)(C)C)c1.CCOC(=O)CC(CC(=O)CNC(=O)OC(C)(C)C)c1cc(C)cc(C(C)(C)C)c1.CCOC(=O)CC(N)c1cc(C)cc(C(C)(C)C)c1. The number of amides is 4. The van der Waals surface area contributed by atoms with Crippen LogP contribution < -0.4 is 22.1 Å². The third kappa shape index (κ3) is 33.4. The van der Waals surface area contributed by atoms with E-state index in [1.165, 1.54) is 16.7 Å². The molecule has 4 amide bonds. The zero-order valence-corrected chi connectivity index (χ0v) is 58.3. The van der Waals surface area contributed by atoms with Gasteiger partial charge in [0.15, 0.2) is 5.78 Å². The van der Waals surface area contributed by atoms with Crippen LogP contribution in [0.15, 0.2) is 54.6 Å². The van der Waals surface area contributed by atoms with Crippen molar-refractivity contribution in [2.75, 3.05) is 39.5 Å². The second kappa shape index (κ2) is 37.1.